The van der Waals surface area contributed by atoms with Gasteiger partial charge in [-0.25, -0.2) is 4.39 Å². The van der Waals surface area contributed by atoms with Gasteiger partial charge in [0.2, 0.25) is 0 Å². The highest BCUT2D eigenvalue weighted by Gasteiger charge is 2.46. The Kier molecular flexibility index (Phi) is 3.39. The highest BCUT2D eigenvalue weighted by molar-refractivity contribution is 5.53. The first-order valence-corrected chi connectivity index (χ1v) is 7.12. The van der Waals surface area contributed by atoms with Gasteiger partial charge < -0.3 is 5.32 Å². The molecule has 2 nitrogen and oxygen atoms in total. The number of nitrogens with one attached hydrogen (secondary N) is 1. The van der Waals surface area contributed by atoms with Crippen LogP contribution in [0.5, 0.6) is 0 Å². The number of anilines is 1. The van der Waals surface area contributed by atoms with E-state index in [0.29, 0.717) is 0 Å². The van der Waals surface area contributed by atoms with Gasteiger partial charge in [0.25, 0.3) is 0 Å². The van der Waals surface area contributed by atoms with E-state index >= 15 is 0 Å². The quantitative estimate of drug-likeness (QED) is 0.916. The first kappa shape index (κ1) is 13.6. The van der Waals surface area contributed by atoms with E-state index in [0.717, 1.165) is 29.7 Å². The van der Waals surface area contributed by atoms with Crippen molar-refractivity contribution in [2.45, 2.75) is 31.2 Å². The molecule has 1 aliphatic rings. The van der Waals surface area contributed by atoms with E-state index in [1.165, 1.54) is 12.1 Å². The molecule has 3 heteroatoms. The van der Waals surface area contributed by atoms with Crippen LogP contribution in [-0.4, -0.2) is 6.04 Å². The molecule has 0 bridgehead atoms. The molecule has 2 aromatic carbocycles. The lowest BCUT2D eigenvalue weighted by Crippen LogP contribution is -2.47. The number of hydrogen-bond acceptors (Lipinski definition) is 2. The highest BCUT2D eigenvalue weighted by atomic mass is 19.1. The van der Waals surface area contributed by atoms with Crippen molar-refractivity contribution in [3.63, 3.8) is 0 Å². The van der Waals surface area contributed by atoms with Crippen LogP contribution in [0.25, 0.3) is 0 Å². The molecule has 0 heterocycles. The third kappa shape index (κ3) is 2.50. The Morgan fingerprint density at radius 1 is 1.19 bits per heavy atom. The van der Waals surface area contributed by atoms with Gasteiger partial charge in [-0.05, 0) is 49.1 Å². The van der Waals surface area contributed by atoms with E-state index in [9.17, 15) is 9.65 Å². The third-order valence-electron chi connectivity index (χ3n) is 4.28. The maximum atomic E-state index is 13.1. The predicted octanol–water partition coefficient (Wildman–Crippen LogP) is 4.17. The van der Waals surface area contributed by atoms with Crippen LogP contribution in [0.4, 0.5) is 10.1 Å². The van der Waals surface area contributed by atoms with Crippen molar-refractivity contribution >= 4 is 5.69 Å². The van der Waals surface area contributed by atoms with Crippen molar-refractivity contribution in [2.24, 2.45) is 0 Å². The zero-order chi connectivity index (χ0) is 14.9. The van der Waals surface area contributed by atoms with Crippen LogP contribution in [0.2, 0.25) is 0 Å². The minimum atomic E-state index is -0.382. The Bertz CT molecular complexity index is 682. The molecule has 0 atom stereocenters. The Morgan fingerprint density at radius 2 is 1.90 bits per heavy atom. The van der Waals surface area contributed by atoms with Crippen LogP contribution in [0.3, 0.4) is 0 Å². The second kappa shape index (κ2) is 5.21. The molecule has 1 fully saturated rings. The summed E-state index contributed by atoms with van der Waals surface area (Å²) in [4.78, 5) is 0. The van der Waals surface area contributed by atoms with Crippen molar-refractivity contribution in [1.29, 1.82) is 5.26 Å². The summed E-state index contributed by atoms with van der Waals surface area (Å²) in [7, 11) is 0. The summed E-state index contributed by atoms with van der Waals surface area (Å²) in [5, 5.41) is 13.0. The van der Waals surface area contributed by atoms with Crippen LogP contribution >= 0.6 is 0 Å². The molecule has 1 aliphatic carbocycles. The molecule has 106 valence electrons. The lowest BCUT2D eigenvalue weighted by Gasteiger charge is -2.44. The number of halogens is 1. The molecule has 3 rings (SSSR count). The van der Waals surface area contributed by atoms with Gasteiger partial charge in [-0.2, -0.15) is 5.26 Å². The Morgan fingerprint density at radius 3 is 2.52 bits per heavy atom. The predicted molar refractivity (Wildman–Crippen MR) is 81.5 cm³/mol. The number of nitriles is 1. The normalized spacial score (nSPS) is 24.0. The lowest BCUT2D eigenvalue weighted by atomic mass is 9.62. The van der Waals surface area contributed by atoms with E-state index in [-0.39, 0.29) is 17.3 Å². The average Bonchev–Trinajstić information content (AvgIpc) is 2.45. The maximum absolute atomic E-state index is 13.1. The largest absolute Gasteiger partial charge is 0.382 e. The second-order valence-corrected chi connectivity index (χ2v) is 5.77. The topological polar surface area (TPSA) is 35.8 Å². The molecule has 2 aromatic rings. The van der Waals surface area contributed by atoms with Crippen molar-refractivity contribution in [2.75, 3.05) is 5.32 Å². The van der Waals surface area contributed by atoms with Crippen molar-refractivity contribution in [3.05, 3.63) is 65.5 Å². The van der Waals surface area contributed by atoms with Gasteiger partial charge in [0, 0.05) is 11.7 Å². The molecule has 0 unspecified atom stereocenters. The first-order valence-electron chi connectivity index (χ1n) is 7.12. The molecule has 21 heavy (non-hydrogen) atoms. The van der Waals surface area contributed by atoms with Crippen LogP contribution in [-0.2, 0) is 5.41 Å². The first-order chi connectivity index (χ1) is 10.1. The standard InChI is InChI=1S/C18H17FN2/c1-13-9-15(19)7-8-17(13)21-16-10-18(11-16,12-20)14-5-3-2-4-6-14/h2-9,16,21H,10-11H2,1H3. The van der Waals surface area contributed by atoms with Gasteiger partial charge in [-0.15, -0.1) is 0 Å². The fraction of sp³-hybridized carbons (Fsp3) is 0.278. The molecule has 0 spiro atoms. The molecular formula is C18H17FN2. The number of hydrogen-bond donors (Lipinski definition) is 1. The summed E-state index contributed by atoms with van der Waals surface area (Å²) in [6, 6.07) is 17.4. The molecule has 0 aliphatic heterocycles. The Hall–Kier alpha value is -2.34. The lowest BCUT2D eigenvalue weighted by molar-refractivity contribution is 0.289. The van der Waals surface area contributed by atoms with Crippen molar-refractivity contribution in [3.8, 4) is 6.07 Å². The van der Waals surface area contributed by atoms with Crippen molar-refractivity contribution in [1.82, 2.24) is 0 Å². The minimum absolute atomic E-state index is 0.220. The highest BCUT2D eigenvalue weighted by Crippen LogP contribution is 2.44. The molecule has 0 radical (unpaired) electrons. The molecule has 0 amide bonds. The monoisotopic (exact) mass is 280 g/mol. The fourth-order valence-corrected chi connectivity index (χ4v) is 3.04. The number of nitrogens with zero attached hydrogens (tertiary/aromatic N) is 1. The smallest absolute Gasteiger partial charge is 0.123 e. The van der Waals surface area contributed by atoms with E-state index in [1.807, 2.05) is 37.3 Å². The summed E-state index contributed by atoms with van der Waals surface area (Å²) in [5.41, 5.74) is 2.54. The van der Waals surface area contributed by atoms with E-state index in [1.54, 1.807) is 6.07 Å². The number of benzene rings is 2. The molecule has 1 saturated carbocycles. The van der Waals surface area contributed by atoms with Gasteiger partial charge in [-0.3, -0.25) is 0 Å². The molecule has 1 N–H and O–H groups in total. The van der Waals surface area contributed by atoms with E-state index < -0.39 is 0 Å². The summed E-state index contributed by atoms with van der Waals surface area (Å²) >= 11 is 0. The van der Waals surface area contributed by atoms with Crippen LogP contribution in [0.15, 0.2) is 48.5 Å². The van der Waals surface area contributed by atoms with Crippen molar-refractivity contribution < 1.29 is 4.39 Å². The average molecular weight is 280 g/mol. The Balaban J connectivity index is 1.71. The molecule has 0 aromatic heterocycles. The van der Waals surface area contributed by atoms with Crippen LogP contribution in [0.1, 0.15) is 24.0 Å². The Labute approximate surface area is 124 Å². The maximum Gasteiger partial charge on any atom is 0.123 e. The SMILES string of the molecule is Cc1cc(F)ccc1NC1CC(C#N)(c2ccccc2)C1. The van der Waals surface area contributed by atoms with Gasteiger partial charge in [-0.1, -0.05) is 30.3 Å². The zero-order valence-corrected chi connectivity index (χ0v) is 11.9. The minimum Gasteiger partial charge on any atom is -0.382 e. The second-order valence-electron chi connectivity index (χ2n) is 5.77. The summed E-state index contributed by atoms with van der Waals surface area (Å²) in [6.45, 7) is 1.89. The van der Waals surface area contributed by atoms with E-state index in [2.05, 4.69) is 11.4 Å². The van der Waals surface area contributed by atoms with Gasteiger partial charge in [0.15, 0.2) is 0 Å². The van der Waals surface area contributed by atoms with Gasteiger partial charge in [0.05, 0.1) is 11.5 Å². The van der Waals surface area contributed by atoms with Crippen LogP contribution < -0.4 is 5.32 Å². The van der Waals surface area contributed by atoms with Gasteiger partial charge >= 0.3 is 0 Å². The van der Waals surface area contributed by atoms with E-state index in [4.69, 9.17) is 0 Å². The molecular weight excluding hydrogens is 263 g/mol. The zero-order valence-electron chi connectivity index (χ0n) is 11.9. The number of rotatable bonds is 3. The third-order valence-corrected chi connectivity index (χ3v) is 4.28. The number of aryl methyl sites for hydroxylation is 1. The summed E-state index contributed by atoms with van der Waals surface area (Å²) in [6.07, 6.45) is 1.56. The van der Waals surface area contributed by atoms with Crippen LogP contribution in [0, 0.1) is 24.1 Å². The summed E-state index contributed by atoms with van der Waals surface area (Å²) < 4.78 is 13.1. The summed E-state index contributed by atoms with van der Waals surface area (Å²) in [5.74, 6) is -0.220. The molecule has 0 saturated heterocycles. The van der Waals surface area contributed by atoms with Gasteiger partial charge in [0.1, 0.15) is 5.82 Å². The fourth-order valence-electron chi connectivity index (χ4n) is 3.04.